The van der Waals surface area contributed by atoms with E-state index in [0.717, 1.165) is 25.8 Å². The Balaban J connectivity index is 1.91. The lowest BCUT2D eigenvalue weighted by Gasteiger charge is -2.18. The van der Waals surface area contributed by atoms with Gasteiger partial charge >= 0.3 is 5.97 Å². The molecular weight excluding hydrogens is 242 g/mol. The van der Waals surface area contributed by atoms with Gasteiger partial charge in [0.1, 0.15) is 0 Å². The first-order chi connectivity index (χ1) is 9.01. The molecule has 2 fully saturated rings. The van der Waals surface area contributed by atoms with Crippen LogP contribution in [0.15, 0.2) is 0 Å². The molecule has 108 valence electrons. The predicted molar refractivity (Wildman–Crippen MR) is 72.6 cm³/mol. The molecule has 0 aromatic heterocycles. The van der Waals surface area contributed by atoms with Gasteiger partial charge in [-0.2, -0.15) is 0 Å². The average molecular weight is 267 g/mol. The molecule has 0 heterocycles. The Morgan fingerprint density at radius 2 is 1.84 bits per heavy atom. The summed E-state index contributed by atoms with van der Waals surface area (Å²) in [5.74, 6) is -1.27. The monoisotopic (exact) mass is 267 g/mol. The number of carboxylic acid groups (broad SMARTS) is 1. The molecule has 2 saturated carbocycles. The van der Waals surface area contributed by atoms with E-state index in [2.05, 4.69) is 19.2 Å². The van der Waals surface area contributed by atoms with Crippen LogP contribution in [0.4, 0.5) is 0 Å². The number of aliphatic carboxylic acids is 1. The van der Waals surface area contributed by atoms with Crippen LogP contribution in [0.3, 0.4) is 0 Å². The Kier molecular flexibility index (Phi) is 4.16. The molecule has 0 spiro atoms. The summed E-state index contributed by atoms with van der Waals surface area (Å²) in [6.45, 7) is 4.95. The molecule has 2 rings (SSSR count). The van der Waals surface area contributed by atoms with Crippen LogP contribution in [0.2, 0.25) is 0 Å². The standard InChI is InChI=1S/C15H25NO3/c1-3-10-7-11(12(8-10)14(18)19)13(17)16-9-15(4-2)5-6-15/h10-12H,3-9H2,1-2H3,(H,16,17)(H,18,19)/t10?,11-,12+/m0/s1. The number of hydrogen-bond acceptors (Lipinski definition) is 2. The van der Waals surface area contributed by atoms with Gasteiger partial charge in [-0.05, 0) is 43.4 Å². The van der Waals surface area contributed by atoms with Gasteiger partial charge in [-0.25, -0.2) is 0 Å². The van der Waals surface area contributed by atoms with E-state index in [4.69, 9.17) is 0 Å². The van der Waals surface area contributed by atoms with E-state index in [9.17, 15) is 14.7 Å². The largest absolute Gasteiger partial charge is 0.481 e. The van der Waals surface area contributed by atoms with Crippen LogP contribution in [0.5, 0.6) is 0 Å². The molecule has 0 saturated heterocycles. The SMILES string of the molecule is CCC1C[C@H](C(=O)NCC2(CC)CC2)[C@H](C(=O)O)C1. The highest BCUT2D eigenvalue weighted by molar-refractivity contribution is 5.85. The van der Waals surface area contributed by atoms with Crippen molar-refractivity contribution < 1.29 is 14.7 Å². The van der Waals surface area contributed by atoms with Crippen molar-refractivity contribution in [3.05, 3.63) is 0 Å². The van der Waals surface area contributed by atoms with E-state index in [-0.39, 0.29) is 11.8 Å². The van der Waals surface area contributed by atoms with Crippen molar-refractivity contribution >= 4 is 11.9 Å². The molecule has 2 aliphatic carbocycles. The van der Waals surface area contributed by atoms with E-state index < -0.39 is 11.9 Å². The number of hydrogen-bond donors (Lipinski definition) is 2. The number of rotatable bonds is 6. The summed E-state index contributed by atoms with van der Waals surface area (Å²) < 4.78 is 0. The fraction of sp³-hybridized carbons (Fsp3) is 0.867. The van der Waals surface area contributed by atoms with Crippen molar-refractivity contribution in [1.82, 2.24) is 5.32 Å². The molecule has 4 heteroatoms. The summed E-state index contributed by atoms with van der Waals surface area (Å²) in [6, 6.07) is 0. The Morgan fingerprint density at radius 1 is 1.21 bits per heavy atom. The van der Waals surface area contributed by atoms with E-state index in [1.54, 1.807) is 0 Å². The number of carbonyl (C=O) groups excluding carboxylic acids is 1. The minimum absolute atomic E-state index is 0.0388. The number of carboxylic acids is 1. The molecule has 0 bridgehead atoms. The molecule has 0 aromatic carbocycles. The first-order valence-electron chi connectivity index (χ1n) is 7.52. The van der Waals surface area contributed by atoms with Gasteiger partial charge < -0.3 is 10.4 Å². The fourth-order valence-electron chi connectivity index (χ4n) is 3.28. The summed E-state index contributed by atoms with van der Waals surface area (Å²) in [4.78, 5) is 23.5. The van der Waals surface area contributed by atoms with Crippen molar-refractivity contribution in [1.29, 1.82) is 0 Å². The molecule has 0 aliphatic heterocycles. The molecule has 4 nitrogen and oxygen atoms in total. The van der Waals surface area contributed by atoms with E-state index in [0.29, 0.717) is 17.8 Å². The zero-order valence-corrected chi connectivity index (χ0v) is 11.9. The van der Waals surface area contributed by atoms with Crippen LogP contribution in [0.25, 0.3) is 0 Å². The Bertz CT molecular complexity index is 362. The molecule has 19 heavy (non-hydrogen) atoms. The molecule has 0 aromatic rings. The van der Waals surface area contributed by atoms with Gasteiger partial charge in [0.15, 0.2) is 0 Å². The second-order valence-corrected chi connectivity index (χ2v) is 6.37. The van der Waals surface area contributed by atoms with E-state index in [1.165, 1.54) is 12.8 Å². The first kappa shape index (κ1) is 14.4. The minimum Gasteiger partial charge on any atom is -0.481 e. The summed E-state index contributed by atoms with van der Waals surface area (Å²) in [5, 5.41) is 12.3. The maximum Gasteiger partial charge on any atom is 0.307 e. The topological polar surface area (TPSA) is 66.4 Å². The first-order valence-corrected chi connectivity index (χ1v) is 7.52. The van der Waals surface area contributed by atoms with E-state index >= 15 is 0 Å². The molecule has 3 atom stereocenters. The lowest BCUT2D eigenvalue weighted by Crippen LogP contribution is -2.38. The maximum atomic E-state index is 12.2. The summed E-state index contributed by atoms with van der Waals surface area (Å²) >= 11 is 0. The molecule has 1 unspecified atom stereocenters. The minimum atomic E-state index is -0.812. The van der Waals surface area contributed by atoms with Crippen molar-refractivity contribution in [3.8, 4) is 0 Å². The number of carbonyl (C=O) groups is 2. The Morgan fingerprint density at radius 3 is 2.32 bits per heavy atom. The van der Waals surface area contributed by atoms with Gasteiger partial charge in [0.05, 0.1) is 11.8 Å². The van der Waals surface area contributed by atoms with Crippen LogP contribution in [0.1, 0.15) is 52.4 Å². The summed E-state index contributed by atoms with van der Waals surface area (Å²) in [5.41, 5.74) is 0.317. The quantitative estimate of drug-likeness (QED) is 0.776. The lowest BCUT2D eigenvalue weighted by atomic mass is 9.95. The summed E-state index contributed by atoms with van der Waals surface area (Å²) in [7, 11) is 0. The van der Waals surface area contributed by atoms with Crippen LogP contribution >= 0.6 is 0 Å². The third-order valence-corrected chi connectivity index (χ3v) is 5.24. The second-order valence-electron chi connectivity index (χ2n) is 6.37. The number of nitrogens with one attached hydrogen (secondary N) is 1. The highest BCUT2D eigenvalue weighted by Gasteiger charge is 2.44. The normalized spacial score (nSPS) is 32.0. The van der Waals surface area contributed by atoms with Crippen molar-refractivity contribution in [3.63, 3.8) is 0 Å². The van der Waals surface area contributed by atoms with Gasteiger partial charge in [-0.15, -0.1) is 0 Å². The molecule has 2 aliphatic rings. The molecule has 1 amide bonds. The summed E-state index contributed by atoms with van der Waals surface area (Å²) in [6.07, 6.45) is 5.83. The molecule has 2 N–H and O–H groups in total. The van der Waals surface area contributed by atoms with Crippen LogP contribution in [-0.2, 0) is 9.59 Å². The van der Waals surface area contributed by atoms with Crippen molar-refractivity contribution in [2.45, 2.75) is 52.4 Å². The van der Waals surface area contributed by atoms with Gasteiger partial charge in [0.2, 0.25) is 5.91 Å². The van der Waals surface area contributed by atoms with Gasteiger partial charge in [-0.1, -0.05) is 20.3 Å². The predicted octanol–water partition coefficient (Wildman–Crippen LogP) is 2.43. The number of amides is 1. The third kappa shape index (κ3) is 3.10. The molecule has 0 radical (unpaired) electrons. The smallest absolute Gasteiger partial charge is 0.307 e. The van der Waals surface area contributed by atoms with Gasteiger partial charge in [0, 0.05) is 6.54 Å². The zero-order chi connectivity index (χ0) is 14.0. The second kappa shape index (κ2) is 5.51. The van der Waals surface area contributed by atoms with Crippen LogP contribution in [-0.4, -0.2) is 23.5 Å². The maximum absolute atomic E-state index is 12.2. The van der Waals surface area contributed by atoms with E-state index in [1.807, 2.05) is 0 Å². The van der Waals surface area contributed by atoms with Gasteiger partial charge in [0.25, 0.3) is 0 Å². The van der Waals surface area contributed by atoms with Gasteiger partial charge in [-0.3, -0.25) is 9.59 Å². The Labute approximate surface area is 115 Å². The molecular formula is C15H25NO3. The Hall–Kier alpha value is -1.06. The van der Waals surface area contributed by atoms with Crippen molar-refractivity contribution in [2.24, 2.45) is 23.2 Å². The lowest BCUT2D eigenvalue weighted by molar-refractivity contribution is -0.146. The van der Waals surface area contributed by atoms with Crippen LogP contribution in [0, 0.1) is 23.2 Å². The van der Waals surface area contributed by atoms with Crippen molar-refractivity contribution in [2.75, 3.05) is 6.54 Å². The average Bonchev–Trinajstić information content (AvgIpc) is 3.05. The fourth-order valence-corrected chi connectivity index (χ4v) is 3.28. The third-order valence-electron chi connectivity index (χ3n) is 5.24. The van der Waals surface area contributed by atoms with Crippen LogP contribution < -0.4 is 5.32 Å². The highest BCUT2D eigenvalue weighted by Crippen LogP contribution is 2.48. The zero-order valence-electron chi connectivity index (χ0n) is 11.9. The highest BCUT2D eigenvalue weighted by atomic mass is 16.4.